The molecule has 0 spiro atoms. The van der Waals surface area contributed by atoms with Gasteiger partial charge in [0, 0.05) is 5.56 Å². The monoisotopic (exact) mass is 148 g/mol. The van der Waals surface area contributed by atoms with Crippen molar-refractivity contribution in [2.75, 3.05) is 0 Å². The highest BCUT2D eigenvalue weighted by Crippen LogP contribution is 2.24. The fraction of sp³-hybridized carbons (Fsp3) is 0.125. The van der Waals surface area contributed by atoms with Gasteiger partial charge >= 0.3 is 0 Å². The summed E-state index contributed by atoms with van der Waals surface area (Å²) in [6.07, 6.45) is -0.946. The van der Waals surface area contributed by atoms with Gasteiger partial charge in [-0.3, -0.25) is 4.99 Å². The third-order valence-corrected chi connectivity index (χ3v) is 1.71. The number of aliphatic hydroxyl groups excluding tert-OH is 1. The van der Waals surface area contributed by atoms with Gasteiger partial charge in [-0.25, -0.2) is 0 Å². The molecule has 1 N–H and O–H groups in total. The first-order valence-electron chi connectivity index (χ1n) is 3.31. The maximum Gasteiger partial charge on any atom is 0.171 e. The van der Waals surface area contributed by atoms with Crippen molar-refractivity contribution in [2.45, 2.75) is 6.23 Å². The Morgan fingerprint density at radius 1 is 1.36 bits per heavy atom. The van der Waals surface area contributed by atoms with Crippen LogP contribution in [-0.4, -0.2) is 11.0 Å². The van der Waals surface area contributed by atoms with E-state index in [0.717, 1.165) is 0 Å². The van der Waals surface area contributed by atoms with Crippen LogP contribution in [-0.2, 0) is 0 Å². The minimum absolute atomic E-state index is 0.326. The van der Waals surface area contributed by atoms with Crippen LogP contribution in [0.5, 0.6) is 0 Å². The Hall–Kier alpha value is -1.35. The molecule has 0 amide bonds. The Balaban J connectivity index is 2.62. The van der Waals surface area contributed by atoms with Gasteiger partial charge in [-0.15, -0.1) is 0 Å². The molecule has 1 unspecified atom stereocenters. The van der Waals surface area contributed by atoms with Crippen LogP contribution >= 0.6 is 0 Å². The molecule has 56 valence electrons. The molecule has 11 heavy (non-hydrogen) atoms. The smallest absolute Gasteiger partial charge is 0.171 e. The average molecular weight is 148 g/mol. The molecule has 1 aliphatic rings. The van der Waals surface area contributed by atoms with Crippen LogP contribution in [0.3, 0.4) is 0 Å². The minimum atomic E-state index is -0.946. The summed E-state index contributed by atoms with van der Waals surface area (Å²) in [6.45, 7) is 0. The summed E-state index contributed by atoms with van der Waals surface area (Å²) in [5.74, 6) is -0.326. The van der Waals surface area contributed by atoms with E-state index >= 15 is 0 Å². The predicted octanol–water partition coefficient (Wildman–Crippen LogP) is -0.202. The molecule has 1 atom stereocenters. The van der Waals surface area contributed by atoms with E-state index in [1.54, 1.807) is 24.3 Å². The highest BCUT2D eigenvalue weighted by Gasteiger charge is 2.15. The summed E-state index contributed by atoms with van der Waals surface area (Å²) < 4.78 is 0. The molecule has 0 aromatic heterocycles. The lowest BCUT2D eigenvalue weighted by atomic mass is 10.1. The Kier molecular flexibility index (Phi) is 1.20. The van der Waals surface area contributed by atoms with E-state index < -0.39 is 6.23 Å². The van der Waals surface area contributed by atoms with Crippen LogP contribution in [0, 0.1) is 0 Å². The number of aliphatic hydroxyl groups is 1. The van der Waals surface area contributed by atoms with Gasteiger partial charge in [-0.2, -0.15) is 0 Å². The van der Waals surface area contributed by atoms with Crippen molar-refractivity contribution >= 4 is 5.90 Å². The maximum atomic E-state index is 10.9. The lowest BCUT2D eigenvalue weighted by Crippen LogP contribution is -2.15. The van der Waals surface area contributed by atoms with Crippen molar-refractivity contribution < 1.29 is 10.2 Å². The van der Waals surface area contributed by atoms with E-state index in [1.165, 1.54) is 0 Å². The summed E-state index contributed by atoms with van der Waals surface area (Å²) >= 11 is 0. The summed E-state index contributed by atoms with van der Waals surface area (Å²) in [5, 5.41) is 20.1. The number of nitrogens with zero attached hydrogens (tertiary/aromatic N) is 1. The van der Waals surface area contributed by atoms with E-state index in [4.69, 9.17) is 5.11 Å². The molecule has 1 aromatic rings. The summed E-state index contributed by atoms with van der Waals surface area (Å²) in [7, 11) is 0. The minimum Gasteiger partial charge on any atom is -0.858 e. The highest BCUT2D eigenvalue weighted by molar-refractivity contribution is 5.94. The fourth-order valence-corrected chi connectivity index (χ4v) is 1.17. The van der Waals surface area contributed by atoms with Crippen LogP contribution in [0.25, 0.3) is 0 Å². The zero-order valence-electron chi connectivity index (χ0n) is 5.69. The molecule has 3 heteroatoms. The van der Waals surface area contributed by atoms with Crippen molar-refractivity contribution in [3.05, 3.63) is 35.4 Å². The Morgan fingerprint density at radius 3 is 2.82 bits per heavy atom. The van der Waals surface area contributed by atoms with Gasteiger partial charge in [0.25, 0.3) is 0 Å². The molecule has 0 radical (unpaired) electrons. The van der Waals surface area contributed by atoms with Crippen molar-refractivity contribution in [1.29, 1.82) is 0 Å². The largest absolute Gasteiger partial charge is 0.858 e. The number of fused-ring (bicyclic) bond motifs is 1. The number of benzene rings is 1. The number of hydrogen-bond acceptors (Lipinski definition) is 3. The zero-order valence-corrected chi connectivity index (χ0v) is 5.69. The lowest BCUT2D eigenvalue weighted by molar-refractivity contribution is -0.213. The number of aliphatic imine (C=N–C) groups is 1. The standard InChI is InChI=1S/C8H7NO2/c10-7-5-3-1-2-4-6(5)8(11)9-7/h1-4,7,10H,(H,9,11)/p-1. The highest BCUT2D eigenvalue weighted by atomic mass is 16.3. The zero-order chi connectivity index (χ0) is 7.84. The van der Waals surface area contributed by atoms with E-state index in [1.807, 2.05) is 0 Å². The molecule has 0 saturated carbocycles. The lowest BCUT2D eigenvalue weighted by Gasteiger charge is -2.04. The number of rotatable bonds is 0. The quantitative estimate of drug-likeness (QED) is 0.553. The van der Waals surface area contributed by atoms with Gasteiger partial charge in [0.15, 0.2) is 6.23 Å². The Labute approximate surface area is 63.6 Å². The van der Waals surface area contributed by atoms with Gasteiger partial charge in [0.05, 0.1) is 0 Å². The van der Waals surface area contributed by atoms with Gasteiger partial charge in [-0.1, -0.05) is 24.3 Å². The second-order valence-corrected chi connectivity index (χ2v) is 2.40. The molecule has 2 rings (SSSR count). The van der Waals surface area contributed by atoms with Gasteiger partial charge in [0.2, 0.25) is 0 Å². The maximum absolute atomic E-state index is 10.9. The topological polar surface area (TPSA) is 55.7 Å². The second kappa shape index (κ2) is 2.07. The van der Waals surface area contributed by atoms with Crippen LogP contribution in [0.15, 0.2) is 29.3 Å². The molecule has 1 aliphatic heterocycles. The van der Waals surface area contributed by atoms with E-state index in [0.29, 0.717) is 11.1 Å². The molecule has 1 aromatic carbocycles. The molecule has 3 nitrogen and oxygen atoms in total. The van der Waals surface area contributed by atoms with Gasteiger partial charge in [-0.05, 0) is 11.5 Å². The van der Waals surface area contributed by atoms with Crippen molar-refractivity contribution in [3.63, 3.8) is 0 Å². The predicted molar refractivity (Wildman–Crippen MR) is 37.9 cm³/mol. The first-order chi connectivity index (χ1) is 5.29. The van der Waals surface area contributed by atoms with Crippen molar-refractivity contribution in [3.8, 4) is 0 Å². The summed E-state index contributed by atoms with van der Waals surface area (Å²) in [5.41, 5.74) is 1.12. The van der Waals surface area contributed by atoms with Crippen LogP contribution in [0.1, 0.15) is 17.4 Å². The summed E-state index contributed by atoms with van der Waals surface area (Å²) in [4.78, 5) is 3.47. The Morgan fingerprint density at radius 2 is 2.09 bits per heavy atom. The fourth-order valence-electron chi connectivity index (χ4n) is 1.17. The molecule has 0 fully saturated rings. The normalized spacial score (nSPS) is 21.2. The third-order valence-electron chi connectivity index (χ3n) is 1.71. The van der Waals surface area contributed by atoms with Crippen LogP contribution < -0.4 is 5.11 Å². The molecule has 0 saturated heterocycles. The van der Waals surface area contributed by atoms with E-state index in [9.17, 15) is 5.11 Å². The Bertz CT molecular complexity index is 320. The first-order valence-corrected chi connectivity index (χ1v) is 3.31. The van der Waals surface area contributed by atoms with Gasteiger partial charge in [0.1, 0.15) is 0 Å². The van der Waals surface area contributed by atoms with E-state index in [2.05, 4.69) is 4.99 Å². The SMILES string of the molecule is [O-]C1=NC(O)c2ccccc21. The van der Waals surface area contributed by atoms with Crippen LogP contribution in [0.4, 0.5) is 0 Å². The third kappa shape index (κ3) is 0.816. The van der Waals surface area contributed by atoms with Gasteiger partial charge < -0.3 is 10.2 Å². The molecule has 1 heterocycles. The summed E-state index contributed by atoms with van der Waals surface area (Å²) in [6, 6.07) is 6.90. The molecular weight excluding hydrogens is 142 g/mol. The van der Waals surface area contributed by atoms with Crippen LogP contribution in [0.2, 0.25) is 0 Å². The number of hydrogen-bond donors (Lipinski definition) is 1. The van der Waals surface area contributed by atoms with Crippen molar-refractivity contribution in [1.82, 2.24) is 0 Å². The van der Waals surface area contributed by atoms with E-state index in [-0.39, 0.29) is 5.90 Å². The first kappa shape index (κ1) is 6.37. The van der Waals surface area contributed by atoms with Crippen molar-refractivity contribution in [2.24, 2.45) is 4.99 Å². The molecular formula is C8H6NO2-. The second-order valence-electron chi connectivity index (χ2n) is 2.40. The average Bonchev–Trinajstić information content (AvgIpc) is 2.30. The molecule has 0 aliphatic carbocycles. The molecule has 0 bridgehead atoms.